The van der Waals surface area contributed by atoms with Crippen LogP contribution in [0, 0.1) is 0 Å². The van der Waals surface area contributed by atoms with Gasteiger partial charge in [-0.3, -0.25) is 23.2 Å². The second-order valence-corrected chi connectivity index (χ2v) is 19.3. The van der Waals surface area contributed by atoms with Crippen molar-refractivity contribution >= 4 is 27.6 Å². The molecule has 0 saturated heterocycles. The summed E-state index contributed by atoms with van der Waals surface area (Å²) in [6.07, 6.45) is 25.4. The van der Waals surface area contributed by atoms with E-state index in [9.17, 15) is 64.0 Å². The smallest absolute Gasteiger partial charge is 0.462 e. The molecule has 69 heavy (non-hydrogen) atoms. The zero-order valence-corrected chi connectivity index (χ0v) is 42.2. The number of phosphoric ester groups is 2. The van der Waals surface area contributed by atoms with Crippen molar-refractivity contribution in [2.45, 2.75) is 197 Å². The summed E-state index contributed by atoms with van der Waals surface area (Å²) in [5.41, 5.74) is 0. The molecule has 10 atom stereocenters. The van der Waals surface area contributed by atoms with Gasteiger partial charge in [-0.1, -0.05) is 125 Å². The molecule has 1 aliphatic carbocycles. The highest BCUT2D eigenvalue weighted by molar-refractivity contribution is 7.47. The Balaban J connectivity index is 2.71. The predicted octanol–water partition coefficient (Wildman–Crippen LogP) is 7.34. The third-order valence-corrected chi connectivity index (χ3v) is 12.2. The standard InChI is InChI=1S/C49H82O18P2/c1-3-5-7-9-11-13-15-17-18-19-20-21-23-25-27-29-31-35-43(53)65-39(38-64-69(61,62)67-49-46(56)44(54)45(55)48(47(49)57)66-68(58,59)60)37-63-42(52)36-32-34-41(51)40(50)33-30-28-26-24-22-16-14-12-10-8-6-4-2/h6,8,11-14,17-18,20-22,24,28,30,39-41,44-51,54-57H,3-5,7,9-10,15-16,19,23,25-27,29,31-38H2,1-2H3,(H,61,62)(H2,58,59,60)/b8-6-,13-11-,14-12-,18-17-,21-20-,24-22-,30-28-/t39-,40+,41+,44?,45?,46?,47?,48-,49+/m1/s1. The minimum absolute atomic E-state index is 0.0474. The molecule has 18 nitrogen and oxygen atoms in total. The zero-order chi connectivity index (χ0) is 51.3. The van der Waals surface area contributed by atoms with Gasteiger partial charge < -0.3 is 54.8 Å². The maximum Gasteiger partial charge on any atom is 0.472 e. The molecule has 0 radical (unpaired) electrons. The lowest BCUT2D eigenvalue weighted by atomic mass is 9.85. The summed E-state index contributed by atoms with van der Waals surface area (Å²) in [5.74, 6) is -1.53. The van der Waals surface area contributed by atoms with Crippen LogP contribution in [0.25, 0.3) is 0 Å². The number of rotatable bonds is 39. The van der Waals surface area contributed by atoms with Crippen molar-refractivity contribution in [1.29, 1.82) is 0 Å². The van der Waals surface area contributed by atoms with E-state index < -0.39 is 95.7 Å². The van der Waals surface area contributed by atoms with Gasteiger partial charge in [0.2, 0.25) is 0 Å². The highest BCUT2D eigenvalue weighted by Gasteiger charge is 2.54. The fraction of sp³-hybridized carbons (Fsp3) is 0.673. The van der Waals surface area contributed by atoms with Gasteiger partial charge in [-0.2, -0.15) is 0 Å². The van der Waals surface area contributed by atoms with Crippen LogP contribution in [0.5, 0.6) is 0 Å². The molecule has 0 amide bonds. The highest BCUT2D eigenvalue weighted by Crippen LogP contribution is 2.49. The van der Waals surface area contributed by atoms with Crippen LogP contribution in [0.15, 0.2) is 85.1 Å². The number of ether oxygens (including phenoxy) is 2. The first kappa shape index (κ1) is 64.1. The van der Waals surface area contributed by atoms with Crippen LogP contribution in [-0.2, 0) is 41.8 Å². The van der Waals surface area contributed by atoms with Crippen molar-refractivity contribution in [2.75, 3.05) is 13.2 Å². The van der Waals surface area contributed by atoms with Crippen molar-refractivity contribution < 1.29 is 87.1 Å². The topological polar surface area (TPSA) is 296 Å². The van der Waals surface area contributed by atoms with E-state index in [0.717, 1.165) is 57.8 Å². The minimum Gasteiger partial charge on any atom is -0.462 e. The number of allylic oxidation sites excluding steroid dienone is 13. The first-order valence-corrected chi connectivity index (χ1v) is 27.3. The van der Waals surface area contributed by atoms with Crippen LogP contribution >= 0.6 is 15.6 Å². The van der Waals surface area contributed by atoms with Crippen LogP contribution in [0.3, 0.4) is 0 Å². The predicted molar refractivity (Wildman–Crippen MR) is 262 cm³/mol. The molecule has 1 fully saturated rings. The lowest BCUT2D eigenvalue weighted by Crippen LogP contribution is -2.64. The Morgan fingerprint density at radius 2 is 1.03 bits per heavy atom. The van der Waals surface area contributed by atoms with Crippen molar-refractivity contribution in [1.82, 2.24) is 0 Å². The molecule has 0 heterocycles. The van der Waals surface area contributed by atoms with Crippen LogP contribution in [0.1, 0.15) is 142 Å². The molecular weight excluding hydrogens is 938 g/mol. The van der Waals surface area contributed by atoms with Crippen LogP contribution in [-0.4, -0.2) is 125 Å². The van der Waals surface area contributed by atoms with E-state index in [1.807, 2.05) is 18.2 Å². The minimum atomic E-state index is -5.40. The number of hydrogen-bond acceptors (Lipinski definition) is 15. The van der Waals surface area contributed by atoms with E-state index in [1.54, 1.807) is 6.08 Å². The Morgan fingerprint density at radius 3 is 1.58 bits per heavy atom. The summed E-state index contributed by atoms with van der Waals surface area (Å²) in [6.45, 7) is 2.69. The summed E-state index contributed by atoms with van der Waals surface area (Å²) in [7, 11) is -10.8. The van der Waals surface area contributed by atoms with Crippen molar-refractivity contribution in [3.8, 4) is 0 Å². The lowest BCUT2D eigenvalue weighted by Gasteiger charge is -2.43. The first-order chi connectivity index (χ1) is 32.9. The van der Waals surface area contributed by atoms with E-state index in [2.05, 4.69) is 79.1 Å². The average molecular weight is 1020 g/mol. The summed E-state index contributed by atoms with van der Waals surface area (Å²) >= 11 is 0. The number of esters is 2. The van der Waals surface area contributed by atoms with Crippen LogP contribution in [0.4, 0.5) is 0 Å². The second-order valence-electron chi connectivity index (χ2n) is 16.8. The van der Waals surface area contributed by atoms with E-state index in [4.69, 9.17) is 18.5 Å². The molecule has 396 valence electrons. The molecule has 1 saturated carbocycles. The fourth-order valence-corrected chi connectivity index (χ4v) is 8.30. The van der Waals surface area contributed by atoms with Gasteiger partial charge in [-0.25, -0.2) is 9.13 Å². The summed E-state index contributed by atoms with van der Waals surface area (Å²) in [5, 5.41) is 62.1. The number of unbranched alkanes of at least 4 members (excludes halogenated alkanes) is 7. The van der Waals surface area contributed by atoms with Gasteiger partial charge in [-0.15, -0.1) is 0 Å². The molecule has 20 heteroatoms. The molecule has 0 aromatic rings. The molecule has 5 unspecified atom stereocenters. The van der Waals surface area contributed by atoms with Crippen molar-refractivity contribution in [3.05, 3.63) is 85.1 Å². The van der Waals surface area contributed by atoms with Gasteiger partial charge >= 0.3 is 27.6 Å². The van der Waals surface area contributed by atoms with Crippen molar-refractivity contribution in [3.63, 3.8) is 0 Å². The molecular formula is C49H82O18P2. The first-order valence-electron chi connectivity index (χ1n) is 24.3. The molecule has 0 spiro atoms. The molecule has 0 aromatic carbocycles. The molecule has 0 aromatic heterocycles. The maximum atomic E-state index is 13.0. The SMILES string of the molecule is CC/C=C\C/C=C\C/C=C\C/C=C\C[C@H](O)[C@@H](O)CCCC(=O)OC[C@H](COP(=O)(O)O[C@H]1C(O)C(O)C(O)[C@@H](OP(=O)(O)O)C1O)OC(=O)CCCCCC/C=C\C/C=C\C/C=C\CCCCC. The third-order valence-electron chi connectivity index (χ3n) is 10.7. The van der Waals surface area contributed by atoms with E-state index in [1.165, 1.54) is 19.3 Å². The van der Waals surface area contributed by atoms with Crippen LogP contribution in [0.2, 0.25) is 0 Å². The van der Waals surface area contributed by atoms with Gasteiger partial charge in [-0.05, 0) is 89.9 Å². The maximum absolute atomic E-state index is 13.0. The average Bonchev–Trinajstić information content (AvgIpc) is 3.30. The van der Waals surface area contributed by atoms with E-state index >= 15 is 0 Å². The molecule has 0 aliphatic heterocycles. The summed E-state index contributed by atoms with van der Waals surface area (Å²) in [6, 6.07) is 0. The Bertz CT molecular complexity index is 1690. The van der Waals surface area contributed by atoms with Gasteiger partial charge in [0.05, 0.1) is 18.8 Å². The fourth-order valence-electron chi connectivity index (χ4n) is 6.77. The van der Waals surface area contributed by atoms with Gasteiger partial charge in [0.25, 0.3) is 0 Å². The number of aliphatic hydroxyl groups excluding tert-OH is 6. The number of aliphatic hydroxyl groups is 6. The monoisotopic (exact) mass is 1020 g/mol. The van der Waals surface area contributed by atoms with Gasteiger partial charge in [0.1, 0.15) is 43.2 Å². The summed E-state index contributed by atoms with van der Waals surface area (Å²) in [4.78, 5) is 54.4. The quantitative estimate of drug-likeness (QED) is 0.0126. The Labute approximate surface area is 409 Å². The number of hydrogen-bond donors (Lipinski definition) is 9. The Kier molecular flexibility index (Phi) is 36.0. The number of carbonyl (C=O) groups excluding carboxylic acids is 2. The highest BCUT2D eigenvalue weighted by atomic mass is 31.2. The van der Waals surface area contributed by atoms with Gasteiger partial charge in [0, 0.05) is 12.8 Å². The zero-order valence-electron chi connectivity index (χ0n) is 40.4. The normalized spacial score (nSPS) is 22.8. The number of carbonyl (C=O) groups is 2. The largest absolute Gasteiger partial charge is 0.472 e. The lowest BCUT2D eigenvalue weighted by molar-refractivity contribution is -0.216. The summed E-state index contributed by atoms with van der Waals surface area (Å²) < 4.78 is 49.2. The molecule has 1 aliphatic rings. The van der Waals surface area contributed by atoms with Crippen molar-refractivity contribution in [2.24, 2.45) is 0 Å². The third kappa shape index (κ3) is 32.7. The van der Waals surface area contributed by atoms with Crippen LogP contribution < -0.4 is 0 Å². The molecule has 9 N–H and O–H groups in total. The number of phosphoric acid groups is 2. The van der Waals surface area contributed by atoms with Gasteiger partial charge in [0.15, 0.2) is 6.10 Å². The molecule has 0 bridgehead atoms. The van der Waals surface area contributed by atoms with E-state index in [-0.39, 0.29) is 32.1 Å². The molecule has 1 rings (SSSR count). The Morgan fingerprint density at radius 1 is 0.536 bits per heavy atom. The van der Waals surface area contributed by atoms with E-state index in [0.29, 0.717) is 19.3 Å². The second kappa shape index (κ2) is 38.7. The Hall–Kier alpha value is -2.90.